The second-order valence-corrected chi connectivity index (χ2v) is 6.58. The van der Waals surface area contributed by atoms with Gasteiger partial charge >= 0.3 is 11.9 Å². The van der Waals surface area contributed by atoms with Crippen LogP contribution < -0.4 is 0 Å². The zero-order valence-electron chi connectivity index (χ0n) is 15.2. The molecule has 1 aliphatic heterocycles. The van der Waals surface area contributed by atoms with Gasteiger partial charge in [0.05, 0.1) is 5.92 Å². The Bertz CT molecular complexity index is 712. The van der Waals surface area contributed by atoms with E-state index in [9.17, 15) is 19.5 Å². The Morgan fingerprint density at radius 3 is 2.77 bits per heavy atom. The van der Waals surface area contributed by atoms with Crippen LogP contribution in [0.5, 0.6) is 0 Å². The number of hydrogen-bond acceptors (Lipinski definition) is 6. The Hall–Kier alpha value is -2.47. The standard InChI is InChI=1S/C20H24O6/c1-5-12(3)19(23)26-18-14(10-21)8-6-7-11(2)9-15-16(17(18)22)13(4)20(24)25-15/h5,8-10,15-18,22H,4,6-7H2,1-3H3/b11-9-,12-5-,14-8-/t15-,16+,17+,18-/m1/s1. The summed E-state index contributed by atoms with van der Waals surface area (Å²) in [6.07, 6.45) is 3.50. The van der Waals surface area contributed by atoms with E-state index in [4.69, 9.17) is 9.47 Å². The first-order valence-electron chi connectivity index (χ1n) is 8.54. The Morgan fingerprint density at radius 1 is 1.46 bits per heavy atom. The third-order valence-corrected chi connectivity index (χ3v) is 4.76. The van der Waals surface area contributed by atoms with Crippen LogP contribution in [-0.4, -0.2) is 41.6 Å². The molecule has 4 atom stereocenters. The van der Waals surface area contributed by atoms with E-state index < -0.39 is 36.2 Å². The van der Waals surface area contributed by atoms with E-state index in [-0.39, 0.29) is 11.1 Å². The number of ether oxygens (including phenoxy) is 2. The van der Waals surface area contributed by atoms with Crippen molar-refractivity contribution in [3.05, 3.63) is 47.1 Å². The molecule has 1 aliphatic carbocycles. The summed E-state index contributed by atoms with van der Waals surface area (Å²) in [4.78, 5) is 35.8. The van der Waals surface area contributed by atoms with Gasteiger partial charge in [0.15, 0.2) is 6.10 Å². The molecule has 0 unspecified atom stereocenters. The molecule has 1 N–H and O–H groups in total. The van der Waals surface area contributed by atoms with E-state index in [1.807, 2.05) is 6.92 Å². The van der Waals surface area contributed by atoms with Crippen molar-refractivity contribution < 1.29 is 29.0 Å². The molecule has 26 heavy (non-hydrogen) atoms. The molecule has 0 aromatic heterocycles. The van der Waals surface area contributed by atoms with E-state index in [2.05, 4.69) is 6.58 Å². The van der Waals surface area contributed by atoms with E-state index >= 15 is 0 Å². The van der Waals surface area contributed by atoms with E-state index in [0.29, 0.717) is 24.7 Å². The summed E-state index contributed by atoms with van der Waals surface area (Å²) in [6.45, 7) is 8.87. The lowest BCUT2D eigenvalue weighted by Gasteiger charge is -2.30. The number of hydrogen-bond donors (Lipinski definition) is 1. The van der Waals surface area contributed by atoms with Gasteiger partial charge < -0.3 is 14.6 Å². The molecule has 0 amide bonds. The van der Waals surface area contributed by atoms with Gasteiger partial charge in [-0.1, -0.05) is 24.3 Å². The molecular formula is C20H24O6. The number of aldehydes is 1. The van der Waals surface area contributed by atoms with Gasteiger partial charge in [0.25, 0.3) is 0 Å². The molecule has 0 aromatic carbocycles. The zero-order chi connectivity index (χ0) is 19.4. The smallest absolute Gasteiger partial charge is 0.334 e. The molecule has 1 saturated heterocycles. The van der Waals surface area contributed by atoms with Crippen LogP contribution in [-0.2, 0) is 23.9 Å². The second-order valence-electron chi connectivity index (χ2n) is 6.58. The lowest BCUT2D eigenvalue weighted by Crippen LogP contribution is -2.42. The normalized spacial score (nSPS) is 33.9. The van der Waals surface area contributed by atoms with Crippen LogP contribution in [0.3, 0.4) is 0 Å². The minimum absolute atomic E-state index is 0.0983. The Balaban J connectivity index is 2.47. The van der Waals surface area contributed by atoms with Gasteiger partial charge in [0, 0.05) is 16.7 Å². The van der Waals surface area contributed by atoms with Crippen molar-refractivity contribution in [1.82, 2.24) is 0 Å². The van der Waals surface area contributed by atoms with Gasteiger partial charge in [0.1, 0.15) is 18.5 Å². The Labute approximate surface area is 152 Å². The van der Waals surface area contributed by atoms with Crippen LogP contribution in [0.1, 0.15) is 33.6 Å². The highest BCUT2D eigenvalue weighted by Gasteiger charge is 2.46. The fourth-order valence-electron chi connectivity index (χ4n) is 3.06. The number of carbonyl (C=O) groups excluding carboxylic acids is 3. The fourth-order valence-corrected chi connectivity index (χ4v) is 3.06. The molecule has 2 aliphatic rings. The maximum atomic E-state index is 12.2. The Kier molecular flexibility index (Phi) is 6.32. The quantitative estimate of drug-likeness (QED) is 0.359. The van der Waals surface area contributed by atoms with E-state index in [0.717, 1.165) is 5.57 Å². The number of esters is 2. The van der Waals surface area contributed by atoms with Crippen molar-refractivity contribution in [3.63, 3.8) is 0 Å². The van der Waals surface area contributed by atoms with Crippen LogP contribution in [0.15, 0.2) is 47.1 Å². The molecule has 0 bridgehead atoms. The molecule has 0 spiro atoms. The average molecular weight is 360 g/mol. The van der Waals surface area contributed by atoms with Crippen LogP contribution in [0, 0.1) is 5.92 Å². The van der Waals surface area contributed by atoms with Crippen molar-refractivity contribution in [2.45, 2.75) is 51.9 Å². The van der Waals surface area contributed by atoms with Crippen LogP contribution in [0.4, 0.5) is 0 Å². The highest BCUT2D eigenvalue weighted by molar-refractivity contribution is 5.92. The van der Waals surface area contributed by atoms with Crippen molar-refractivity contribution in [3.8, 4) is 0 Å². The first kappa shape index (κ1) is 19.8. The SMILES string of the molecule is C=C1C(=O)O[C@@H]2/C=C(/C)CC/C=C(/C=O)[C@@H](OC(=O)/C(C)=C\C)[C@@H](O)[C@@H]12. The molecule has 6 heteroatoms. The summed E-state index contributed by atoms with van der Waals surface area (Å²) < 4.78 is 10.7. The van der Waals surface area contributed by atoms with Crippen molar-refractivity contribution in [1.29, 1.82) is 0 Å². The summed E-state index contributed by atoms with van der Waals surface area (Å²) in [7, 11) is 0. The summed E-state index contributed by atoms with van der Waals surface area (Å²) in [6, 6.07) is 0. The monoisotopic (exact) mass is 360 g/mol. The number of rotatable bonds is 3. The van der Waals surface area contributed by atoms with Gasteiger partial charge in [-0.3, -0.25) is 4.79 Å². The number of allylic oxidation sites excluding steroid dienone is 3. The van der Waals surface area contributed by atoms with Crippen LogP contribution in [0.25, 0.3) is 0 Å². The fraction of sp³-hybridized carbons (Fsp3) is 0.450. The molecule has 1 fully saturated rings. The molecule has 0 aromatic rings. The summed E-state index contributed by atoms with van der Waals surface area (Å²) in [5.41, 5.74) is 1.58. The summed E-state index contributed by atoms with van der Waals surface area (Å²) in [5.74, 6) is -2.04. The van der Waals surface area contributed by atoms with Gasteiger partial charge in [-0.2, -0.15) is 0 Å². The van der Waals surface area contributed by atoms with Gasteiger partial charge in [-0.15, -0.1) is 0 Å². The molecule has 6 nitrogen and oxygen atoms in total. The third kappa shape index (κ3) is 4.02. The first-order chi connectivity index (χ1) is 12.3. The molecule has 2 rings (SSSR count). The number of aliphatic hydroxyl groups excluding tert-OH is 1. The maximum Gasteiger partial charge on any atom is 0.334 e. The van der Waals surface area contributed by atoms with Crippen molar-refractivity contribution >= 4 is 18.2 Å². The highest BCUT2D eigenvalue weighted by Crippen LogP contribution is 2.35. The second kappa shape index (κ2) is 8.27. The Morgan fingerprint density at radius 2 is 2.15 bits per heavy atom. The first-order valence-corrected chi connectivity index (χ1v) is 8.54. The summed E-state index contributed by atoms with van der Waals surface area (Å²) >= 11 is 0. The predicted molar refractivity (Wildman–Crippen MR) is 95.0 cm³/mol. The minimum atomic E-state index is -1.34. The van der Waals surface area contributed by atoms with Crippen LogP contribution in [0.2, 0.25) is 0 Å². The van der Waals surface area contributed by atoms with E-state index in [1.54, 1.807) is 32.1 Å². The third-order valence-electron chi connectivity index (χ3n) is 4.76. The largest absolute Gasteiger partial charge is 0.454 e. The molecule has 140 valence electrons. The minimum Gasteiger partial charge on any atom is -0.454 e. The van der Waals surface area contributed by atoms with Crippen LogP contribution >= 0.6 is 0 Å². The maximum absolute atomic E-state index is 12.2. The van der Waals surface area contributed by atoms with E-state index in [1.165, 1.54) is 0 Å². The number of carbonyl (C=O) groups is 3. The number of fused-ring (bicyclic) bond motifs is 1. The van der Waals surface area contributed by atoms with Gasteiger partial charge in [0.2, 0.25) is 0 Å². The molecule has 0 saturated carbocycles. The topological polar surface area (TPSA) is 89.9 Å². The number of aliphatic hydroxyl groups is 1. The van der Waals surface area contributed by atoms with Crippen molar-refractivity contribution in [2.75, 3.05) is 0 Å². The molecule has 1 heterocycles. The van der Waals surface area contributed by atoms with Gasteiger partial charge in [-0.25, -0.2) is 9.59 Å². The predicted octanol–water partition coefficient (Wildman–Crippen LogP) is 2.19. The average Bonchev–Trinajstić information content (AvgIpc) is 2.88. The summed E-state index contributed by atoms with van der Waals surface area (Å²) in [5, 5.41) is 10.9. The van der Waals surface area contributed by atoms with Crippen molar-refractivity contribution in [2.24, 2.45) is 5.92 Å². The molecular weight excluding hydrogens is 336 g/mol. The highest BCUT2D eigenvalue weighted by atomic mass is 16.6. The lowest BCUT2D eigenvalue weighted by molar-refractivity contribution is -0.150. The lowest BCUT2D eigenvalue weighted by atomic mass is 9.84. The zero-order valence-corrected chi connectivity index (χ0v) is 15.2. The van der Waals surface area contributed by atoms with Gasteiger partial charge in [-0.05, 0) is 39.7 Å². The molecule has 0 radical (unpaired) electrons.